The molecule has 1 atom stereocenters. The van der Waals surface area contributed by atoms with Gasteiger partial charge in [-0.25, -0.2) is 4.57 Å². The average Bonchev–Trinajstić information content (AvgIpc) is 2.29. The molecule has 0 aliphatic heterocycles. The summed E-state index contributed by atoms with van der Waals surface area (Å²) in [6, 6.07) is 9.98. The van der Waals surface area contributed by atoms with Gasteiger partial charge in [-0.15, -0.1) is 0 Å². The summed E-state index contributed by atoms with van der Waals surface area (Å²) in [7, 11) is -0.234. The molecule has 0 heterocycles. The predicted octanol–water partition coefficient (Wildman–Crippen LogP) is 4.78. The van der Waals surface area contributed by atoms with Gasteiger partial charge in [-0.1, -0.05) is 57.0 Å². The Kier molecular flexibility index (Phi) is 6.29. The quantitative estimate of drug-likeness (QED) is 0.639. The SMILES string of the molecule is CC(C)CCCC(OP=O)c1ccccc1. The molecule has 0 spiro atoms. The molecule has 1 aromatic rings. The Morgan fingerprint density at radius 1 is 1.19 bits per heavy atom. The Morgan fingerprint density at radius 2 is 1.88 bits per heavy atom. The highest BCUT2D eigenvalue weighted by Crippen LogP contribution is 2.27. The number of rotatable bonds is 7. The molecule has 0 aliphatic rings. The molecule has 0 bridgehead atoms. The maximum Gasteiger partial charge on any atom is 0.327 e. The molecule has 0 aromatic heterocycles. The summed E-state index contributed by atoms with van der Waals surface area (Å²) in [5.74, 6) is 0.709. The molecular weight excluding hydrogens is 219 g/mol. The van der Waals surface area contributed by atoms with Gasteiger partial charge < -0.3 is 0 Å². The molecule has 0 saturated heterocycles. The molecule has 0 aliphatic carbocycles. The summed E-state index contributed by atoms with van der Waals surface area (Å²) in [4.78, 5) is 0. The summed E-state index contributed by atoms with van der Waals surface area (Å²) in [5.41, 5.74) is 1.11. The third-order valence-electron chi connectivity index (χ3n) is 2.59. The van der Waals surface area contributed by atoms with Crippen molar-refractivity contribution < 1.29 is 9.09 Å². The van der Waals surface area contributed by atoms with Crippen molar-refractivity contribution >= 4 is 8.69 Å². The van der Waals surface area contributed by atoms with Gasteiger partial charge >= 0.3 is 8.69 Å². The standard InChI is InChI=1S/C13H19O2P/c1-11(2)7-6-10-13(15-16-14)12-8-4-3-5-9-12/h3-5,8-9,11,13H,6-7,10H2,1-2H3. The van der Waals surface area contributed by atoms with E-state index in [1.807, 2.05) is 30.3 Å². The lowest BCUT2D eigenvalue weighted by Gasteiger charge is -2.14. The monoisotopic (exact) mass is 238 g/mol. The minimum Gasteiger partial charge on any atom is -0.286 e. The first-order valence-electron chi connectivity index (χ1n) is 5.77. The zero-order valence-corrected chi connectivity index (χ0v) is 10.8. The summed E-state index contributed by atoms with van der Waals surface area (Å²) >= 11 is 0. The third kappa shape index (κ3) is 4.87. The minimum absolute atomic E-state index is 0.0425. The molecular formula is C13H19O2P. The van der Waals surface area contributed by atoms with Gasteiger partial charge in [-0.05, 0) is 17.9 Å². The zero-order chi connectivity index (χ0) is 11.8. The fourth-order valence-corrected chi connectivity index (χ4v) is 2.04. The average molecular weight is 238 g/mol. The third-order valence-corrected chi connectivity index (χ3v) is 2.93. The van der Waals surface area contributed by atoms with Gasteiger partial charge in [0.05, 0.1) is 6.10 Å². The fourth-order valence-electron chi connectivity index (χ4n) is 1.71. The first-order valence-corrected chi connectivity index (χ1v) is 6.50. The fraction of sp³-hybridized carbons (Fsp3) is 0.538. The summed E-state index contributed by atoms with van der Waals surface area (Å²) in [6.45, 7) is 4.43. The molecule has 0 radical (unpaired) electrons. The minimum atomic E-state index is -0.234. The van der Waals surface area contributed by atoms with Gasteiger partial charge in [0.1, 0.15) is 0 Å². The molecule has 1 aromatic carbocycles. The van der Waals surface area contributed by atoms with Crippen LogP contribution in [0.15, 0.2) is 30.3 Å². The van der Waals surface area contributed by atoms with Crippen molar-refractivity contribution in [1.29, 1.82) is 0 Å². The van der Waals surface area contributed by atoms with Crippen molar-refractivity contribution in [1.82, 2.24) is 0 Å². The molecule has 1 unspecified atom stereocenters. The smallest absolute Gasteiger partial charge is 0.286 e. The van der Waals surface area contributed by atoms with E-state index in [1.165, 1.54) is 6.42 Å². The van der Waals surface area contributed by atoms with Crippen LogP contribution in [0.3, 0.4) is 0 Å². The van der Waals surface area contributed by atoms with Gasteiger partial charge in [0.2, 0.25) is 0 Å². The van der Waals surface area contributed by atoms with Crippen LogP contribution in [-0.2, 0) is 9.09 Å². The highest BCUT2D eigenvalue weighted by molar-refractivity contribution is 7.17. The molecule has 3 heteroatoms. The number of benzene rings is 1. The topological polar surface area (TPSA) is 26.3 Å². The summed E-state index contributed by atoms with van der Waals surface area (Å²) in [6.07, 6.45) is 3.17. The first kappa shape index (κ1) is 13.3. The second-order valence-corrected chi connectivity index (χ2v) is 4.76. The highest BCUT2D eigenvalue weighted by atomic mass is 31.1. The Labute approximate surface area is 99.3 Å². The maximum atomic E-state index is 10.6. The lowest BCUT2D eigenvalue weighted by molar-refractivity contribution is 0.210. The molecule has 16 heavy (non-hydrogen) atoms. The van der Waals surface area contributed by atoms with Crippen LogP contribution >= 0.6 is 8.69 Å². The van der Waals surface area contributed by atoms with E-state index >= 15 is 0 Å². The number of hydrogen-bond acceptors (Lipinski definition) is 2. The van der Waals surface area contributed by atoms with Gasteiger partial charge in [0, 0.05) is 0 Å². The van der Waals surface area contributed by atoms with Crippen LogP contribution in [0.25, 0.3) is 0 Å². The van der Waals surface area contributed by atoms with Gasteiger partial charge in [-0.2, -0.15) is 0 Å². The van der Waals surface area contributed by atoms with Gasteiger partial charge in [0.15, 0.2) is 0 Å². The molecule has 1 rings (SSSR count). The Hall–Kier alpha value is -0.720. The van der Waals surface area contributed by atoms with E-state index in [9.17, 15) is 4.57 Å². The van der Waals surface area contributed by atoms with Crippen molar-refractivity contribution in [3.8, 4) is 0 Å². The number of hydrogen-bond donors (Lipinski definition) is 0. The maximum absolute atomic E-state index is 10.6. The van der Waals surface area contributed by atoms with Crippen LogP contribution in [-0.4, -0.2) is 0 Å². The van der Waals surface area contributed by atoms with Crippen LogP contribution in [0.4, 0.5) is 0 Å². The van der Waals surface area contributed by atoms with E-state index in [4.69, 9.17) is 4.52 Å². The molecule has 88 valence electrons. The second kappa shape index (κ2) is 7.54. The summed E-state index contributed by atoms with van der Waals surface area (Å²) in [5, 5.41) is 0. The molecule has 0 N–H and O–H groups in total. The lowest BCUT2D eigenvalue weighted by atomic mass is 10.0. The van der Waals surface area contributed by atoms with E-state index in [-0.39, 0.29) is 14.8 Å². The molecule has 0 amide bonds. The van der Waals surface area contributed by atoms with E-state index < -0.39 is 0 Å². The highest BCUT2D eigenvalue weighted by Gasteiger charge is 2.12. The molecule has 0 saturated carbocycles. The predicted molar refractivity (Wildman–Crippen MR) is 66.6 cm³/mol. The van der Waals surface area contributed by atoms with Crippen LogP contribution in [0, 0.1) is 5.92 Å². The Morgan fingerprint density at radius 3 is 2.44 bits per heavy atom. The van der Waals surface area contributed by atoms with Gasteiger partial charge in [-0.3, -0.25) is 4.52 Å². The summed E-state index contributed by atoms with van der Waals surface area (Å²) < 4.78 is 15.8. The Bertz CT molecular complexity index is 298. The van der Waals surface area contributed by atoms with Crippen LogP contribution in [0.5, 0.6) is 0 Å². The molecule has 0 fully saturated rings. The molecule has 2 nitrogen and oxygen atoms in total. The zero-order valence-electron chi connectivity index (χ0n) is 9.93. The van der Waals surface area contributed by atoms with E-state index in [2.05, 4.69) is 13.8 Å². The Balaban J connectivity index is 2.51. The lowest BCUT2D eigenvalue weighted by Crippen LogP contribution is -1.99. The van der Waals surface area contributed by atoms with E-state index in [0.29, 0.717) is 5.92 Å². The van der Waals surface area contributed by atoms with Crippen LogP contribution in [0.1, 0.15) is 44.8 Å². The van der Waals surface area contributed by atoms with E-state index in [0.717, 1.165) is 18.4 Å². The van der Waals surface area contributed by atoms with Crippen molar-refractivity contribution in [3.05, 3.63) is 35.9 Å². The van der Waals surface area contributed by atoms with Crippen LogP contribution < -0.4 is 0 Å². The van der Waals surface area contributed by atoms with Crippen molar-refractivity contribution in [2.75, 3.05) is 0 Å². The largest absolute Gasteiger partial charge is 0.327 e. The van der Waals surface area contributed by atoms with Crippen molar-refractivity contribution in [2.45, 2.75) is 39.2 Å². The first-order chi connectivity index (χ1) is 7.74. The second-order valence-electron chi connectivity index (χ2n) is 4.40. The van der Waals surface area contributed by atoms with Gasteiger partial charge in [0.25, 0.3) is 0 Å². The van der Waals surface area contributed by atoms with E-state index in [1.54, 1.807) is 0 Å². The van der Waals surface area contributed by atoms with Crippen molar-refractivity contribution in [3.63, 3.8) is 0 Å². The van der Waals surface area contributed by atoms with Crippen molar-refractivity contribution in [2.24, 2.45) is 5.92 Å². The normalized spacial score (nSPS) is 13.2. The van der Waals surface area contributed by atoms with Crippen LogP contribution in [0.2, 0.25) is 0 Å².